The molecule has 2 aromatic rings. The summed E-state index contributed by atoms with van der Waals surface area (Å²) >= 11 is 2.13. The monoisotopic (exact) mass is 435 g/mol. The highest BCUT2D eigenvalue weighted by molar-refractivity contribution is 14.1. The van der Waals surface area contributed by atoms with E-state index in [9.17, 15) is 4.79 Å². The molecule has 1 amide bonds. The topological polar surface area (TPSA) is 83.7 Å². The van der Waals surface area contributed by atoms with Crippen molar-refractivity contribution in [1.29, 1.82) is 5.26 Å². The zero-order chi connectivity index (χ0) is 17.4. The molecule has 0 radical (unpaired) electrons. The van der Waals surface area contributed by atoms with E-state index in [1.165, 1.54) is 6.21 Å². The Morgan fingerprint density at radius 2 is 2.08 bits per heavy atom. The molecule has 0 saturated heterocycles. The third-order valence-corrected chi connectivity index (χ3v) is 3.87. The third-order valence-electron chi connectivity index (χ3n) is 2.98. The molecule has 0 aromatic heterocycles. The van der Waals surface area contributed by atoms with Crippen molar-refractivity contribution >= 4 is 34.7 Å². The van der Waals surface area contributed by atoms with Crippen molar-refractivity contribution in [2.24, 2.45) is 5.10 Å². The summed E-state index contributed by atoms with van der Waals surface area (Å²) in [7, 11) is 1.56. The van der Waals surface area contributed by atoms with Crippen molar-refractivity contribution in [2.45, 2.75) is 0 Å². The first-order valence-electron chi connectivity index (χ1n) is 6.91. The smallest absolute Gasteiger partial charge is 0.271 e. The number of nitrogens with one attached hydrogen (secondary N) is 1. The van der Waals surface area contributed by atoms with Crippen LogP contribution in [0.1, 0.15) is 15.9 Å². The molecule has 0 aliphatic rings. The van der Waals surface area contributed by atoms with Crippen LogP contribution >= 0.6 is 22.6 Å². The molecule has 0 aliphatic heterocycles. The maximum Gasteiger partial charge on any atom is 0.271 e. The van der Waals surface area contributed by atoms with Crippen molar-refractivity contribution in [3.8, 4) is 17.6 Å². The molecule has 2 aromatic carbocycles. The molecule has 122 valence electrons. The first kappa shape index (κ1) is 17.7. The number of nitrogens with zero attached hydrogens (tertiary/aromatic N) is 2. The maximum absolute atomic E-state index is 12.1. The van der Waals surface area contributed by atoms with E-state index in [1.54, 1.807) is 49.6 Å². The molecule has 0 spiro atoms. The molecule has 6 nitrogen and oxygen atoms in total. The molecule has 1 N–H and O–H groups in total. The summed E-state index contributed by atoms with van der Waals surface area (Å²) in [5.74, 6) is 0.916. The predicted molar refractivity (Wildman–Crippen MR) is 98.3 cm³/mol. The molecule has 0 bridgehead atoms. The lowest BCUT2D eigenvalue weighted by atomic mass is 10.2. The highest BCUT2D eigenvalue weighted by atomic mass is 127. The molecular formula is C17H14IN3O3. The van der Waals surface area contributed by atoms with Gasteiger partial charge in [-0.15, -0.1) is 0 Å². The number of benzene rings is 2. The summed E-state index contributed by atoms with van der Waals surface area (Å²) in [5.41, 5.74) is 3.72. The minimum atomic E-state index is -0.324. The lowest BCUT2D eigenvalue weighted by Gasteiger charge is -2.05. The number of rotatable bonds is 6. The van der Waals surface area contributed by atoms with Gasteiger partial charge in [0.2, 0.25) is 0 Å². The lowest BCUT2D eigenvalue weighted by Crippen LogP contribution is -2.17. The number of hydrogen-bond donors (Lipinski definition) is 1. The summed E-state index contributed by atoms with van der Waals surface area (Å²) in [6.45, 7) is 0.00294. The Hall–Kier alpha value is -2.60. The van der Waals surface area contributed by atoms with E-state index in [0.717, 1.165) is 9.13 Å². The van der Waals surface area contributed by atoms with E-state index in [-0.39, 0.29) is 12.5 Å². The molecule has 0 unspecified atom stereocenters. The van der Waals surface area contributed by atoms with Crippen LogP contribution in [0.3, 0.4) is 0 Å². The number of carbonyl (C=O) groups excluding carboxylic acids is 1. The summed E-state index contributed by atoms with van der Waals surface area (Å²) in [6, 6.07) is 14.1. The normalized spacial score (nSPS) is 10.2. The Morgan fingerprint density at radius 3 is 2.75 bits per heavy atom. The summed E-state index contributed by atoms with van der Waals surface area (Å²) in [6.07, 6.45) is 1.52. The number of amides is 1. The van der Waals surface area contributed by atoms with E-state index in [0.29, 0.717) is 17.1 Å². The zero-order valence-electron chi connectivity index (χ0n) is 12.8. The highest BCUT2D eigenvalue weighted by Gasteiger charge is 2.08. The average Bonchev–Trinajstić information content (AvgIpc) is 2.61. The van der Waals surface area contributed by atoms with Crippen LogP contribution in [-0.4, -0.2) is 25.8 Å². The van der Waals surface area contributed by atoms with Crippen LogP contribution in [0.2, 0.25) is 0 Å². The van der Waals surface area contributed by atoms with Gasteiger partial charge in [0.25, 0.3) is 5.91 Å². The molecule has 0 atom stereocenters. The van der Waals surface area contributed by atoms with Gasteiger partial charge in [-0.2, -0.15) is 10.4 Å². The van der Waals surface area contributed by atoms with Gasteiger partial charge in [-0.1, -0.05) is 0 Å². The van der Waals surface area contributed by atoms with Crippen LogP contribution in [0.25, 0.3) is 0 Å². The van der Waals surface area contributed by atoms with Crippen LogP contribution < -0.4 is 14.9 Å². The van der Waals surface area contributed by atoms with Crippen LogP contribution in [0.15, 0.2) is 47.6 Å². The minimum absolute atomic E-state index is 0.00294. The summed E-state index contributed by atoms with van der Waals surface area (Å²) in [4.78, 5) is 12.1. The Morgan fingerprint density at radius 1 is 1.33 bits per heavy atom. The maximum atomic E-state index is 12.1. The van der Waals surface area contributed by atoms with Gasteiger partial charge >= 0.3 is 0 Å². The third kappa shape index (κ3) is 4.96. The number of hydrogen-bond acceptors (Lipinski definition) is 5. The van der Waals surface area contributed by atoms with Gasteiger partial charge in [-0.25, -0.2) is 5.43 Å². The molecule has 0 fully saturated rings. The molecule has 0 saturated carbocycles. The van der Waals surface area contributed by atoms with Gasteiger partial charge in [0, 0.05) is 5.56 Å². The highest BCUT2D eigenvalue weighted by Crippen LogP contribution is 2.21. The Bertz CT molecular complexity index is 783. The second kappa shape index (κ2) is 8.88. The van der Waals surface area contributed by atoms with Crippen LogP contribution in [0.4, 0.5) is 0 Å². The van der Waals surface area contributed by atoms with Gasteiger partial charge in [-0.3, -0.25) is 4.79 Å². The number of hydrazone groups is 1. The summed E-state index contributed by atoms with van der Waals surface area (Å²) in [5, 5.41) is 12.4. The second-order valence-electron chi connectivity index (χ2n) is 4.56. The van der Waals surface area contributed by atoms with Crippen molar-refractivity contribution in [3.05, 3.63) is 57.2 Å². The van der Waals surface area contributed by atoms with Crippen molar-refractivity contribution in [2.75, 3.05) is 13.7 Å². The number of nitriles is 1. The molecule has 0 aliphatic carbocycles. The van der Waals surface area contributed by atoms with Gasteiger partial charge in [0.05, 0.1) is 16.9 Å². The summed E-state index contributed by atoms with van der Waals surface area (Å²) < 4.78 is 11.3. The van der Waals surface area contributed by atoms with Crippen molar-refractivity contribution in [3.63, 3.8) is 0 Å². The number of methoxy groups -OCH3 is 1. The minimum Gasteiger partial charge on any atom is -0.496 e. The molecule has 2 rings (SSSR count). The van der Waals surface area contributed by atoms with E-state index in [2.05, 4.69) is 33.1 Å². The Kier molecular flexibility index (Phi) is 6.57. The molecule has 24 heavy (non-hydrogen) atoms. The van der Waals surface area contributed by atoms with Crippen LogP contribution in [0, 0.1) is 14.9 Å². The first-order valence-corrected chi connectivity index (χ1v) is 7.98. The van der Waals surface area contributed by atoms with Gasteiger partial charge in [-0.05, 0) is 70.6 Å². The fraction of sp³-hybridized carbons (Fsp3) is 0.118. The standard InChI is InChI=1S/C17H14IN3O3/c1-23-16-10-13(4-7-15(16)18)17(22)21-20-11-12-2-5-14(6-3-12)24-9-8-19/h2-7,10-11H,9H2,1H3,(H,21,22). The lowest BCUT2D eigenvalue weighted by molar-refractivity contribution is 0.0954. The van der Waals surface area contributed by atoms with Crippen LogP contribution in [0.5, 0.6) is 11.5 Å². The molecule has 7 heteroatoms. The van der Waals surface area contributed by atoms with E-state index in [1.807, 2.05) is 6.07 Å². The quantitative estimate of drug-likeness (QED) is 0.430. The fourth-order valence-electron chi connectivity index (χ4n) is 1.80. The predicted octanol–water partition coefficient (Wildman–Crippen LogP) is 2.97. The van der Waals surface area contributed by atoms with E-state index < -0.39 is 0 Å². The number of carbonyl (C=O) groups is 1. The van der Waals surface area contributed by atoms with Gasteiger partial charge in [0.15, 0.2) is 6.61 Å². The fourth-order valence-corrected chi connectivity index (χ4v) is 2.35. The van der Waals surface area contributed by atoms with E-state index >= 15 is 0 Å². The Balaban J connectivity index is 1.96. The zero-order valence-corrected chi connectivity index (χ0v) is 15.0. The van der Waals surface area contributed by atoms with Crippen molar-refractivity contribution in [1.82, 2.24) is 5.43 Å². The second-order valence-corrected chi connectivity index (χ2v) is 5.73. The largest absolute Gasteiger partial charge is 0.496 e. The molecule has 0 heterocycles. The van der Waals surface area contributed by atoms with Gasteiger partial charge < -0.3 is 9.47 Å². The number of halogens is 1. The van der Waals surface area contributed by atoms with Crippen LogP contribution in [-0.2, 0) is 0 Å². The molecular weight excluding hydrogens is 421 g/mol. The SMILES string of the molecule is COc1cc(C(=O)NN=Cc2ccc(OCC#N)cc2)ccc1I. The van der Waals surface area contributed by atoms with E-state index in [4.69, 9.17) is 14.7 Å². The average molecular weight is 435 g/mol. The number of ether oxygens (including phenoxy) is 2. The first-order chi connectivity index (χ1) is 11.6. The Labute approximate surface area is 153 Å². The van der Waals surface area contributed by atoms with Crippen molar-refractivity contribution < 1.29 is 14.3 Å². The van der Waals surface area contributed by atoms with Gasteiger partial charge in [0.1, 0.15) is 17.6 Å².